The van der Waals surface area contributed by atoms with Crippen LogP contribution in [0.1, 0.15) is 51.4 Å². The van der Waals surface area contributed by atoms with Gasteiger partial charge in [0.05, 0.1) is 18.9 Å². The third-order valence-corrected chi connectivity index (χ3v) is 3.01. The van der Waals surface area contributed by atoms with Crippen LogP contribution in [-0.4, -0.2) is 35.4 Å². The first-order valence-corrected chi connectivity index (χ1v) is 7.22. The zero-order valence-corrected chi connectivity index (χ0v) is 12.1. The Morgan fingerprint density at radius 2 is 1.85 bits per heavy atom. The number of aliphatic hydroxyl groups excluding tert-OH is 1. The van der Waals surface area contributed by atoms with Gasteiger partial charge in [-0.1, -0.05) is 25.3 Å². The van der Waals surface area contributed by atoms with Crippen molar-refractivity contribution < 1.29 is 24.5 Å². The number of hydrogen-bond acceptors (Lipinski definition) is 4. The molecular formula is C15H26O5. The lowest BCUT2D eigenvalue weighted by molar-refractivity contribution is -0.153. The highest BCUT2D eigenvalue weighted by Crippen LogP contribution is 2.17. The molecule has 0 aromatic heterocycles. The van der Waals surface area contributed by atoms with Gasteiger partial charge in [-0.15, -0.1) is 6.58 Å². The van der Waals surface area contributed by atoms with Gasteiger partial charge in [-0.25, -0.2) is 0 Å². The molecule has 0 amide bonds. The molecule has 0 heterocycles. The van der Waals surface area contributed by atoms with Crippen LogP contribution in [0.2, 0.25) is 0 Å². The molecule has 0 aliphatic rings. The Balaban J connectivity index is 3.97. The molecule has 1 unspecified atom stereocenters. The predicted octanol–water partition coefficient (Wildman–Crippen LogP) is 2.53. The quantitative estimate of drug-likeness (QED) is 0.309. The number of carboxylic acids is 1. The summed E-state index contributed by atoms with van der Waals surface area (Å²) < 4.78 is 4.97. The lowest BCUT2D eigenvalue weighted by Gasteiger charge is -2.14. The number of hydrogen-bond donors (Lipinski definition) is 2. The minimum atomic E-state index is -0.985. The standard InChI is InChI=1S/C15H26O5/c1-2-3-4-5-6-7-9-13(12-14(17)18)15(19)20-11-8-10-16/h2,13,16H,1,3-12H2,(H,17,18). The normalized spacial score (nSPS) is 11.8. The summed E-state index contributed by atoms with van der Waals surface area (Å²) in [6.07, 6.45) is 7.54. The van der Waals surface area contributed by atoms with E-state index in [-0.39, 0.29) is 19.6 Å². The van der Waals surface area contributed by atoms with Gasteiger partial charge in [0.25, 0.3) is 0 Å². The van der Waals surface area contributed by atoms with Crippen molar-refractivity contribution in [2.45, 2.75) is 51.4 Å². The molecule has 0 aliphatic carbocycles. The molecule has 0 rings (SSSR count). The van der Waals surface area contributed by atoms with E-state index in [4.69, 9.17) is 14.9 Å². The Labute approximate surface area is 120 Å². The van der Waals surface area contributed by atoms with Crippen LogP contribution in [0, 0.1) is 5.92 Å². The van der Waals surface area contributed by atoms with Crippen molar-refractivity contribution in [3.05, 3.63) is 12.7 Å². The smallest absolute Gasteiger partial charge is 0.309 e. The minimum Gasteiger partial charge on any atom is -0.481 e. The van der Waals surface area contributed by atoms with Gasteiger partial charge in [-0.2, -0.15) is 0 Å². The number of aliphatic carboxylic acids is 1. The number of esters is 1. The summed E-state index contributed by atoms with van der Waals surface area (Å²) in [6, 6.07) is 0. The molecule has 0 bridgehead atoms. The second-order valence-electron chi connectivity index (χ2n) is 4.82. The number of aliphatic hydroxyl groups is 1. The lowest BCUT2D eigenvalue weighted by Crippen LogP contribution is -2.21. The average molecular weight is 286 g/mol. The average Bonchev–Trinajstić information content (AvgIpc) is 2.41. The Hall–Kier alpha value is -1.36. The number of unbranched alkanes of at least 4 members (excludes halogenated alkanes) is 4. The maximum absolute atomic E-state index is 11.7. The van der Waals surface area contributed by atoms with Crippen molar-refractivity contribution in [2.75, 3.05) is 13.2 Å². The first-order valence-electron chi connectivity index (χ1n) is 7.22. The largest absolute Gasteiger partial charge is 0.481 e. The van der Waals surface area contributed by atoms with E-state index in [1.165, 1.54) is 0 Å². The summed E-state index contributed by atoms with van der Waals surface area (Å²) in [4.78, 5) is 22.5. The van der Waals surface area contributed by atoms with Crippen LogP contribution >= 0.6 is 0 Å². The SMILES string of the molecule is C=CCCCCCCC(CC(=O)O)C(=O)OCCCO. The first kappa shape index (κ1) is 18.6. The third kappa shape index (κ3) is 10.6. The second kappa shape index (κ2) is 12.7. The molecule has 2 N–H and O–H groups in total. The molecule has 0 fully saturated rings. The van der Waals surface area contributed by atoms with Crippen LogP contribution < -0.4 is 0 Å². The van der Waals surface area contributed by atoms with E-state index in [0.717, 1.165) is 32.1 Å². The van der Waals surface area contributed by atoms with Crippen molar-refractivity contribution in [3.8, 4) is 0 Å². The van der Waals surface area contributed by atoms with Gasteiger partial charge in [-0.3, -0.25) is 9.59 Å². The number of rotatable bonds is 13. The molecule has 0 saturated heterocycles. The fraction of sp³-hybridized carbons (Fsp3) is 0.733. The van der Waals surface area contributed by atoms with Gasteiger partial charge in [0, 0.05) is 13.0 Å². The molecule has 5 nitrogen and oxygen atoms in total. The fourth-order valence-corrected chi connectivity index (χ4v) is 1.90. The number of carbonyl (C=O) groups excluding carboxylic acids is 1. The van der Waals surface area contributed by atoms with Crippen LogP contribution in [0.15, 0.2) is 12.7 Å². The molecule has 0 saturated carbocycles. The van der Waals surface area contributed by atoms with Crippen molar-refractivity contribution in [3.63, 3.8) is 0 Å². The molecular weight excluding hydrogens is 260 g/mol. The summed E-state index contributed by atoms with van der Waals surface area (Å²) in [5.41, 5.74) is 0. The molecule has 0 aromatic rings. The highest BCUT2D eigenvalue weighted by molar-refractivity contribution is 5.79. The fourth-order valence-electron chi connectivity index (χ4n) is 1.90. The van der Waals surface area contributed by atoms with Crippen molar-refractivity contribution in [2.24, 2.45) is 5.92 Å². The van der Waals surface area contributed by atoms with Crippen LogP contribution in [0.5, 0.6) is 0 Å². The highest BCUT2D eigenvalue weighted by atomic mass is 16.5. The maximum atomic E-state index is 11.7. The van der Waals surface area contributed by atoms with Gasteiger partial charge in [0.2, 0.25) is 0 Å². The van der Waals surface area contributed by atoms with E-state index in [2.05, 4.69) is 6.58 Å². The predicted molar refractivity (Wildman–Crippen MR) is 76.3 cm³/mol. The van der Waals surface area contributed by atoms with Gasteiger partial charge in [-0.05, 0) is 19.3 Å². The molecule has 116 valence electrons. The van der Waals surface area contributed by atoms with E-state index < -0.39 is 17.9 Å². The molecule has 0 aromatic carbocycles. The second-order valence-corrected chi connectivity index (χ2v) is 4.82. The summed E-state index contributed by atoms with van der Waals surface area (Å²) in [7, 11) is 0. The summed E-state index contributed by atoms with van der Waals surface area (Å²) in [5, 5.41) is 17.4. The topological polar surface area (TPSA) is 83.8 Å². The van der Waals surface area contributed by atoms with Crippen molar-refractivity contribution in [1.29, 1.82) is 0 Å². The number of ether oxygens (including phenoxy) is 1. The van der Waals surface area contributed by atoms with Crippen LogP contribution in [-0.2, 0) is 14.3 Å². The highest BCUT2D eigenvalue weighted by Gasteiger charge is 2.22. The molecule has 0 aliphatic heterocycles. The third-order valence-electron chi connectivity index (χ3n) is 3.01. The number of carbonyl (C=O) groups is 2. The zero-order chi connectivity index (χ0) is 15.2. The molecule has 0 spiro atoms. The van der Waals surface area contributed by atoms with Crippen LogP contribution in [0.4, 0.5) is 0 Å². The van der Waals surface area contributed by atoms with E-state index in [1.807, 2.05) is 6.08 Å². The van der Waals surface area contributed by atoms with Crippen LogP contribution in [0.3, 0.4) is 0 Å². The molecule has 20 heavy (non-hydrogen) atoms. The van der Waals surface area contributed by atoms with Crippen LogP contribution in [0.25, 0.3) is 0 Å². The summed E-state index contributed by atoms with van der Waals surface area (Å²) in [6.45, 7) is 3.76. The van der Waals surface area contributed by atoms with E-state index in [9.17, 15) is 9.59 Å². The Morgan fingerprint density at radius 3 is 2.45 bits per heavy atom. The number of carboxylic acid groups (broad SMARTS) is 1. The Kier molecular flexibility index (Phi) is 11.8. The Morgan fingerprint density at radius 1 is 1.15 bits per heavy atom. The van der Waals surface area contributed by atoms with Gasteiger partial charge < -0.3 is 14.9 Å². The molecule has 1 atom stereocenters. The van der Waals surface area contributed by atoms with E-state index in [0.29, 0.717) is 12.8 Å². The van der Waals surface area contributed by atoms with E-state index in [1.54, 1.807) is 0 Å². The summed E-state index contributed by atoms with van der Waals surface area (Å²) in [5.74, 6) is -2.03. The van der Waals surface area contributed by atoms with Crippen molar-refractivity contribution in [1.82, 2.24) is 0 Å². The lowest BCUT2D eigenvalue weighted by atomic mass is 9.97. The summed E-state index contributed by atoms with van der Waals surface area (Å²) >= 11 is 0. The molecule has 0 radical (unpaired) electrons. The first-order chi connectivity index (χ1) is 9.61. The monoisotopic (exact) mass is 286 g/mol. The van der Waals surface area contributed by atoms with Gasteiger partial charge >= 0.3 is 11.9 Å². The Bertz CT molecular complexity index is 288. The van der Waals surface area contributed by atoms with Gasteiger partial charge in [0.15, 0.2) is 0 Å². The zero-order valence-electron chi connectivity index (χ0n) is 12.1. The van der Waals surface area contributed by atoms with Gasteiger partial charge in [0.1, 0.15) is 0 Å². The molecule has 5 heteroatoms. The number of allylic oxidation sites excluding steroid dienone is 1. The minimum absolute atomic E-state index is 0.0415. The maximum Gasteiger partial charge on any atom is 0.309 e. The van der Waals surface area contributed by atoms with E-state index >= 15 is 0 Å². The van der Waals surface area contributed by atoms with Crippen molar-refractivity contribution >= 4 is 11.9 Å².